The van der Waals surface area contributed by atoms with Crippen LogP contribution in [-0.4, -0.2) is 18.4 Å². The first-order chi connectivity index (χ1) is 9.85. The van der Waals surface area contributed by atoms with Gasteiger partial charge < -0.3 is 16.4 Å². The molecule has 0 bridgehead atoms. The van der Waals surface area contributed by atoms with E-state index in [1.807, 2.05) is 0 Å². The van der Waals surface area contributed by atoms with Gasteiger partial charge in [-0.1, -0.05) is 0 Å². The zero-order valence-electron chi connectivity index (χ0n) is 12.1. The van der Waals surface area contributed by atoms with Gasteiger partial charge in [-0.15, -0.1) is 0 Å². The van der Waals surface area contributed by atoms with Gasteiger partial charge in [-0.25, -0.2) is 8.78 Å². The van der Waals surface area contributed by atoms with Gasteiger partial charge in [-0.3, -0.25) is 4.79 Å². The fraction of sp³-hybridized carbons (Fsp3) is 0.533. The van der Waals surface area contributed by atoms with Gasteiger partial charge in [-0.2, -0.15) is 0 Å². The summed E-state index contributed by atoms with van der Waals surface area (Å²) >= 11 is 0. The molecule has 1 saturated carbocycles. The molecule has 2 rings (SSSR count). The van der Waals surface area contributed by atoms with Crippen LogP contribution in [0.15, 0.2) is 18.2 Å². The lowest BCUT2D eigenvalue weighted by atomic mass is 9.87. The Hall–Kier alpha value is -1.85. The van der Waals surface area contributed by atoms with Crippen molar-refractivity contribution < 1.29 is 13.6 Å². The molecule has 0 aromatic heterocycles. The van der Waals surface area contributed by atoms with Crippen LogP contribution < -0.4 is 16.4 Å². The number of hydrogen-bond donors (Lipinski definition) is 3. The maximum absolute atomic E-state index is 13.1. The molecular weight excluding hydrogens is 276 g/mol. The molecule has 0 atom stereocenters. The number of rotatable bonds is 4. The molecule has 0 spiro atoms. The Morgan fingerprint density at radius 3 is 2.62 bits per heavy atom. The highest BCUT2D eigenvalue weighted by Gasteiger charge is 2.34. The van der Waals surface area contributed by atoms with Gasteiger partial charge in [0.2, 0.25) is 11.8 Å². The maximum atomic E-state index is 13.1. The van der Waals surface area contributed by atoms with E-state index in [1.165, 1.54) is 6.92 Å². The van der Waals surface area contributed by atoms with Crippen LogP contribution >= 0.6 is 0 Å². The smallest absolute Gasteiger partial charge is 0.248 e. The highest BCUT2D eigenvalue weighted by Crippen LogP contribution is 2.36. The highest BCUT2D eigenvalue weighted by molar-refractivity contribution is 5.90. The molecule has 0 saturated heterocycles. The summed E-state index contributed by atoms with van der Waals surface area (Å²) in [5.41, 5.74) is 7.86. The van der Waals surface area contributed by atoms with Crippen LogP contribution in [0.25, 0.3) is 0 Å². The summed E-state index contributed by atoms with van der Waals surface area (Å²) in [6, 6.07) is 5.23. The molecule has 116 valence electrons. The van der Waals surface area contributed by atoms with Crippen molar-refractivity contribution in [3.05, 3.63) is 18.2 Å². The van der Waals surface area contributed by atoms with Crippen LogP contribution in [0.2, 0.25) is 0 Å². The third-order valence-corrected chi connectivity index (χ3v) is 3.79. The van der Waals surface area contributed by atoms with E-state index in [4.69, 9.17) is 5.73 Å². The van der Waals surface area contributed by atoms with E-state index in [1.54, 1.807) is 18.2 Å². The van der Waals surface area contributed by atoms with Gasteiger partial charge in [0.25, 0.3) is 0 Å². The molecule has 1 aliphatic carbocycles. The van der Waals surface area contributed by atoms with Crippen molar-refractivity contribution in [1.29, 1.82) is 0 Å². The van der Waals surface area contributed by atoms with Crippen molar-refractivity contribution in [3.63, 3.8) is 0 Å². The number of nitrogen functional groups attached to an aromatic ring is 1. The number of hydrogen-bond acceptors (Lipinski definition) is 3. The van der Waals surface area contributed by atoms with Crippen molar-refractivity contribution in [2.24, 2.45) is 5.92 Å². The van der Waals surface area contributed by atoms with Crippen molar-refractivity contribution in [2.75, 3.05) is 22.9 Å². The Morgan fingerprint density at radius 2 is 2.05 bits per heavy atom. The van der Waals surface area contributed by atoms with Gasteiger partial charge in [0.1, 0.15) is 0 Å². The Labute approximate surface area is 123 Å². The average molecular weight is 297 g/mol. The summed E-state index contributed by atoms with van der Waals surface area (Å²) in [5, 5.41) is 5.87. The molecular formula is C15H21F2N3O. The fourth-order valence-electron chi connectivity index (χ4n) is 2.56. The summed E-state index contributed by atoms with van der Waals surface area (Å²) in [5.74, 6) is -2.40. The molecule has 1 amide bonds. The van der Waals surface area contributed by atoms with Crippen molar-refractivity contribution in [2.45, 2.75) is 38.5 Å². The lowest BCUT2D eigenvalue weighted by Crippen LogP contribution is -2.28. The average Bonchev–Trinajstić information content (AvgIpc) is 2.38. The summed E-state index contributed by atoms with van der Waals surface area (Å²) in [6.07, 6.45) is 1.00. The first-order valence-corrected chi connectivity index (χ1v) is 7.14. The van der Waals surface area contributed by atoms with Crippen molar-refractivity contribution in [3.8, 4) is 0 Å². The molecule has 0 unspecified atom stereocenters. The molecule has 1 aromatic rings. The van der Waals surface area contributed by atoms with Crippen LogP contribution in [0.5, 0.6) is 0 Å². The second-order valence-corrected chi connectivity index (χ2v) is 5.66. The van der Waals surface area contributed by atoms with Crippen LogP contribution in [0.1, 0.15) is 32.6 Å². The van der Waals surface area contributed by atoms with Crippen LogP contribution in [0, 0.1) is 5.92 Å². The predicted molar refractivity (Wildman–Crippen MR) is 80.6 cm³/mol. The Kier molecular flexibility index (Phi) is 4.65. The molecule has 1 fully saturated rings. The maximum Gasteiger partial charge on any atom is 0.248 e. The van der Waals surface area contributed by atoms with Gasteiger partial charge in [0.15, 0.2) is 0 Å². The third kappa shape index (κ3) is 4.58. The minimum atomic E-state index is -2.49. The molecule has 0 radical (unpaired) electrons. The fourth-order valence-corrected chi connectivity index (χ4v) is 2.56. The molecule has 4 N–H and O–H groups in total. The summed E-state index contributed by atoms with van der Waals surface area (Å²) in [7, 11) is 0. The number of halogens is 2. The quantitative estimate of drug-likeness (QED) is 0.745. The Balaban J connectivity index is 1.87. The normalized spacial score (nSPS) is 18.2. The largest absolute Gasteiger partial charge is 0.397 e. The molecule has 1 aliphatic rings. The monoisotopic (exact) mass is 297 g/mol. The van der Waals surface area contributed by atoms with E-state index in [0.717, 1.165) is 5.69 Å². The van der Waals surface area contributed by atoms with Crippen molar-refractivity contribution in [1.82, 2.24) is 0 Å². The van der Waals surface area contributed by atoms with E-state index >= 15 is 0 Å². The molecule has 1 aromatic carbocycles. The number of benzene rings is 1. The number of alkyl halides is 2. The molecule has 4 nitrogen and oxygen atoms in total. The number of nitrogens with two attached hydrogens (primary N) is 1. The van der Waals surface area contributed by atoms with Gasteiger partial charge in [0.05, 0.1) is 11.4 Å². The van der Waals surface area contributed by atoms with E-state index in [0.29, 0.717) is 30.8 Å². The van der Waals surface area contributed by atoms with Crippen molar-refractivity contribution >= 4 is 23.0 Å². The summed E-state index contributed by atoms with van der Waals surface area (Å²) in [6.45, 7) is 2.07. The number of carbonyl (C=O) groups excluding carboxylic acids is 1. The first kappa shape index (κ1) is 15.5. The first-order valence-electron chi connectivity index (χ1n) is 7.14. The molecule has 21 heavy (non-hydrogen) atoms. The SMILES string of the molecule is CC(=O)Nc1ccc(NCC2CCC(F)(F)CC2)c(N)c1. The van der Waals surface area contributed by atoms with E-state index in [2.05, 4.69) is 10.6 Å². The molecule has 6 heteroatoms. The molecule has 0 heterocycles. The topological polar surface area (TPSA) is 67.2 Å². The number of nitrogens with one attached hydrogen (secondary N) is 2. The van der Waals surface area contributed by atoms with E-state index in [-0.39, 0.29) is 24.7 Å². The second-order valence-electron chi connectivity index (χ2n) is 5.66. The van der Waals surface area contributed by atoms with Gasteiger partial charge in [0, 0.05) is 32.0 Å². The van der Waals surface area contributed by atoms with Crippen LogP contribution in [-0.2, 0) is 4.79 Å². The Morgan fingerprint density at radius 1 is 1.38 bits per heavy atom. The Bertz CT molecular complexity index is 510. The summed E-state index contributed by atoms with van der Waals surface area (Å²) in [4.78, 5) is 11.0. The standard InChI is InChI=1S/C15H21F2N3O/c1-10(21)20-12-2-3-14(13(18)8-12)19-9-11-4-6-15(16,17)7-5-11/h2-3,8,11,19H,4-7,9,18H2,1H3,(H,20,21). The third-order valence-electron chi connectivity index (χ3n) is 3.79. The lowest BCUT2D eigenvalue weighted by molar-refractivity contribution is -0.114. The zero-order valence-corrected chi connectivity index (χ0v) is 12.1. The van der Waals surface area contributed by atoms with Crippen LogP contribution in [0.3, 0.4) is 0 Å². The van der Waals surface area contributed by atoms with Crippen LogP contribution in [0.4, 0.5) is 25.8 Å². The number of anilines is 3. The minimum Gasteiger partial charge on any atom is -0.397 e. The lowest BCUT2D eigenvalue weighted by Gasteiger charge is -2.28. The van der Waals surface area contributed by atoms with E-state index < -0.39 is 5.92 Å². The van der Waals surface area contributed by atoms with E-state index in [9.17, 15) is 13.6 Å². The van der Waals surface area contributed by atoms with Gasteiger partial charge in [-0.05, 0) is 37.0 Å². The highest BCUT2D eigenvalue weighted by atomic mass is 19.3. The second kappa shape index (κ2) is 6.28. The molecule has 0 aliphatic heterocycles. The zero-order chi connectivity index (χ0) is 15.5. The van der Waals surface area contributed by atoms with Gasteiger partial charge >= 0.3 is 0 Å². The number of carbonyl (C=O) groups is 1. The minimum absolute atomic E-state index is 0.0315. The predicted octanol–water partition coefficient (Wildman–Crippen LogP) is 3.46. The summed E-state index contributed by atoms with van der Waals surface area (Å²) < 4.78 is 26.2. The number of amides is 1.